The normalized spacial score (nSPS) is 20.5. The van der Waals surface area contributed by atoms with Crippen molar-refractivity contribution in [2.45, 2.75) is 38.9 Å². The van der Waals surface area contributed by atoms with Crippen molar-refractivity contribution < 1.29 is 14.1 Å². The number of rotatable bonds is 2. The third-order valence-corrected chi connectivity index (χ3v) is 4.31. The van der Waals surface area contributed by atoms with Gasteiger partial charge in [-0.15, -0.1) is 0 Å². The molecule has 4 nitrogen and oxygen atoms in total. The molecule has 1 aromatic carbocycles. The maximum absolute atomic E-state index is 12.5. The Kier molecular flexibility index (Phi) is 2.82. The predicted molar refractivity (Wildman–Crippen MR) is 78.7 cm³/mol. The Morgan fingerprint density at radius 3 is 2.40 bits per heavy atom. The van der Waals surface area contributed by atoms with Crippen molar-refractivity contribution in [3.63, 3.8) is 0 Å². The van der Waals surface area contributed by atoms with Gasteiger partial charge in [0, 0.05) is 22.7 Å². The van der Waals surface area contributed by atoms with Gasteiger partial charge in [0.25, 0.3) is 0 Å². The fraction of sp³-hybridized carbons (Fsp3) is 0.400. The van der Waals surface area contributed by atoms with E-state index in [0.717, 1.165) is 10.9 Å². The minimum Gasteiger partial charge on any atom is -0.397 e. The summed E-state index contributed by atoms with van der Waals surface area (Å²) in [6.45, 7) is 7.76. The molecular formula is C15H18BNO3. The zero-order valence-corrected chi connectivity index (χ0v) is 12.2. The van der Waals surface area contributed by atoms with Gasteiger partial charge in [-0.2, -0.15) is 0 Å². The van der Waals surface area contributed by atoms with Gasteiger partial charge in [-0.25, -0.2) is 0 Å². The van der Waals surface area contributed by atoms with Crippen LogP contribution < -0.4 is 0 Å². The van der Waals surface area contributed by atoms with Crippen molar-refractivity contribution in [2.75, 3.05) is 0 Å². The van der Waals surface area contributed by atoms with E-state index in [-0.39, 0.29) is 5.68 Å². The van der Waals surface area contributed by atoms with Crippen molar-refractivity contribution in [1.29, 1.82) is 0 Å². The molecule has 0 radical (unpaired) electrons. The maximum atomic E-state index is 12.5. The summed E-state index contributed by atoms with van der Waals surface area (Å²) in [5.74, 6) is 0. The minimum atomic E-state index is -0.837. The lowest BCUT2D eigenvalue weighted by atomic mass is 9.78. The molecule has 2 heterocycles. The van der Waals surface area contributed by atoms with Crippen molar-refractivity contribution in [3.05, 3.63) is 36.0 Å². The lowest BCUT2D eigenvalue weighted by Gasteiger charge is -2.32. The fourth-order valence-corrected chi connectivity index (χ4v) is 2.29. The topological polar surface area (TPSA) is 51.3 Å². The Hall–Kier alpha value is -1.59. The molecule has 20 heavy (non-hydrogen) atoms. The van der Waals surface area contributed by atoms with E-state index >= 15 is 0 Å². The molecule has 0 bridgehead atoms. The van der Waals surface area contributed by atoms with Crippen LogP contribution in [0.2, 0.25) is 0 Å². The van der Waals surface area contributed by atoms with Gasteiger partial charge in [0.15, 0.2) is 5.68 Å². The van der Waals surface area contributed by atoms with Crippen molar-refractivity contribution in [2.24, 2.45) is 0 Å². The average molecular weight is 271 g/mol. The molecule has 1 fully saturated rings. The molecule has 3 rings (SSSR count). The first-order valence-electron chi connectivity index (χ1n) is 6.77. The van der Waals surface area contributed by atoms with E-state index < -0.39 is 18.3 Å². The number of benzene rings is 1. The predicted octanol–water partition coefficient (Wildman–Crippen LogP) is 2.98. The highest BCUT2D eigenvalue weighted by atomic mass is 16.7. The van der Waals surface area contributed by atoms with Gasteiger partial charge in [0.05, 0.1) is 11.2 Å². The molecule has 1 aliphatic heterocycles. The highest BCUT2D eigenvalue weighted by Crippen LogP contribution is 2.37. The largest absolute Gasteiger partial charge is 0.538 e. The van der Waals surface area contributed by atoms with Gasteiger partial charge in [-0.3, -0.25) is 4.79 Å². The van der Waals surface area contributed by atoms with E-state index in [1.54, 1.807) is 6.07 Å². The van der Waals surface area contributed by atoms with Crippen LogP contribution in [0.3, 0.4) is 0 Å². The van der Waals surface area contributed by atoms with Gasteiger partial charge in [0.2, 0.25) is 0 Å². The van der Waals surface area contributed by atoms with Gasteiger partial charge >= 0.3 is 7.12 Å². The number of hydrogen-bond donors (Lipinski definition) is 1. The lowest BCUT2D eigenvalue weighted by molar-refractivity contribution is 0.00578. The van der Waals surface area contributed by atoms with Crippen LogP contribution in [-0.2, 0) is 9.31 Å². The maximum Gasteiger partial charge on any atom is 0.538 e. The van der Waals surface area contributed by atoms with Gasteiger partial charge in [-0.05, 0) is 52.0 Å². The Bertz CT molecular complexity index is 659. The number of carbonyl (C=O) groups excluding carboxylic acids is 1. The molecule has 0 spiro atoms. The second kappa shape index (κ2) is 4.20. The highest BCUT2D eigenvalue weighted by molar-refractivity contribution is 6.84. The number of fused-ring (bicyclic) bond motifs is 1. The Labute approximate surface area is 118 Å². The van der Waals surface area contributed by atoms with Crippen molar-refractivity contribution in [1.82, 2.24) is 4.98 Å². The first-order chi connectivity index (χ1) is 9.30. The quantitative estimate of drug-likeness (QED) is 0.854. The van der Waals surface area contributed by atoms with Crippen LogP contribution in [0.1, 0.15) is 38.1 Å². The summed E-state index contributed by atoms with van der Waals surface area (Å²) in [7, 11) is -0.837. The summed E-state index contributed by atoms with van der Waals surface area (Å²) in [6, 6.07) is 7.50. The van der Waals surface area contributed by atoms with Crippen LogP contribution in [0, 0.1) is 0 Å². The van der Waals surface area contributed by atoms with Crippen LogP contribution >= 0.6 is 0 Å². The zero-order chi connectivity index (χ0) is 14.5. The summed E-state index contributed by atoms with van der Waals surface area (Å²) < 4.78 is 11.6. The SMILES string of the molecule is CC1(C)OB(C(=O)c2ccc3[nH]ccc3c2)OC1(C)C. The summed E-state index contributed by atoms with van der Waals surface area (Å²) in [4.78, 5) is 15.6. The molecule has 1 aliphatic rings. The molecule has 5 heteroatoms. The monoisotopic (exact) mass is 271 g/mol. The van der Waals surface area contributed by atoms with Gasteiger partial charge < -0.3 is 14.3 Å². The molecule has 1 N–H and O–H groups in total. The molecule has 0 aliphatic carbocycles. The third-order valence-electron chi connectivity index (χ3n) is 4.31. The van der Waals surface area contributed by atoms with Crippen molar-refractivity contribution in [3.8, 4) is 0 Å². The van der Waals surface area contributed by atoms with Crippen molar-refractivity contribution >= 4 is 23.7 Å². The van der Waals surface area contributed by atoms with Crippen LogP contribution in [-0.4, -0.2) is 29.0 Å². The second-order valence-electron chi connectivity index (χ2n) is 6.23. The first kappa shape index (κ1) is 13.4. The summed E-state index contributed by atoms with van der Waals surface area (Å²) in [5.41, 5.74) is 0.495. The van der Waals surface area contributed by atoms with Crippen LogP contribution in [0.4, 0.5) is 0 Å². The number of hydrogen-bond acceptors (Lipinski definition) is 3. The molecule has 104 valence electrons. The van der Waals surface area contributed by atoms with Crippen LogP contribution in [0.25, 0.3) is 10.9 Å². The van der Waals surface area contributed by atoms with E-state index in [4.69, 9.17) is 9.31 Å². The molecule has 0 unspecified atom stereocenters. The van der Waals surface area contributed by atoms with Gasteiger partial charge in [-0.1, -0.05) is 0 Å². The number of aromatic nitrogens is 1. The standard InChI is InChI=1S/C15H18BNO3/c1-14(2)15(3,4)20-16(19-14)13(18)11-5-6-12-10(9-11)7-8-17-12/h5-9,17H,1-4H3. The lowest BCUT2D eigenvalue weighted by Crippen LogP contribution is -2.41. The molecule has 0 atom stereocenters. The van der Waals surface area contributed by atoms with Gasteiger partial charge in [0.1, 0.15) is 0 Å². The summed E-state index contributed by atoms with van der Waals surface area (Å²) in [5, 5.41) is 1.01. The number of H-pyrrole nitrogens is 1. The molecule has 1 aromatic heterocycles. The Morgan fingerprint density at radius 1 is 1.10 bits per heavy atom. The molecule has 1 saturated heterocycles. The Morgan fingerprint density at radius 2 is 1.75 bits per heavy atom. The van der Waals surface area contributed by atoms with E-state index in [1.165, 1.54) is 0 Å². The number of aromatic amines is 1. The Balaban J connectivity index is 1.90. The number of carbonyl (C=O) groups is 1. The van der Waals surface area contributed by atoms with E-state index in [9.17, 15) is 4.79 Å². The highest BCUT2D eigenvalue weighted by Gasteiger charge is 2.54. The summed E-state index contributed by atoms with van der Waals surface area (Å²) >= 11 is 0. The minimum absolute atomic E-state index is 0.133. The average Bonchev–Trinajstić information content (AvgIpc) is 2.90. The molecular weight excluding hydrogens is 253 g/mol. The van der Waals surface area contributed by atoms with Crippen LogP contribution in [0.5, 0.6) is 0 Å². The first-order valence-corrected chi connectivity index (χ1v) is 6.77. The molecule has 0 saturated carbocycles. The molecule has 0 amide bonds. The van der Waals surface area contributed by atoms with E-state index in [2.05, 4.69) is 4.98 Å². The third kappa shape index (κ3) is 1.98. The van der Waals surface area contributed by atoms with E-state index in [0.29, 0.717) is 5.56 Å². The van der Waals surface area contributed by atoms with Crippen LogP contribution in [0.15, 0.2) is 30.5 Å². The van der Waals surface area contributed by atoms with E-state index in [1.807, 2.05) is 52.1 Å². The number of nitrogens with one attached hydrogen (secondary N) is 1. The second-order valence-corrected chi connectivity index (χ2v) is 6.23. The smallest absolute Gasteiger partial charge is 0.397 e. The summed E-state index contributed by atoms with van der Waals surface area (Å²) in [6.07, 6.45) is 1.85. The molecule has 2 aromatic rings. The zero-order valence-electron chi connectivity index (χ0n) is 12.2. The fourth-order valence-electron chi connectivity index (χ4n) is 2.29.